The molecule has 2 aromatic carbocycles. The number of rotatable bonds is 9. The quantitative estimate of drug-likeness (QED) is 0.292. The van der Waals surface area contributed by atoms with E-state index in [1.165, 1.54) is 12.5 Å². The monoisotopic (exact) mass is 565 g/mol. The zero-order valence-electron chi connectivity index (χ0n) is 24.1. The Morgan fingerprint density at radius 2 is 1.88 bits per heavy atom. The maximum atomic E-state index is 13.9. The molecule has 1 aromatic heterocycles. The first-order valence-corrected chi connectivity index (χ1v) is 15.1. The van der Waals surface area contributed by atoms with Crippen molar-refractivity contribution in [2.24, 2.45) is 12.5 Å². The van der Waals surface area contributed by atoms with Gasteiger partial charge in [-0.25, -0.2) is 9.78 Å². The van der Waals surface area contributed by atoms with Gasteiger partial charge in [-0.15, -0.1) is 0 Å². The number of anilines is 1. The van der Waals surface area contributed by atoms with Gasteiger partial charge in [-0.3, -0.25) is 4.72 Å². The van der Waals surface area contributed by atoms with E-state index in [1.807, 2.05) is 58.0 Å². The highest BCUT2D eigenvalue weighted by molar-refractivity contribution is 7.92. The first-order chi connectivity index (χ1) is 18.8. The van der Waals surface area contributed by atoms with E-state index < -0.39 is 32.9 Å². The Balaban J connectivity index is 1.76. The number of imidazole rings is 1. The van der Waals surface area contributed by atoms with Crippen molar-refractivity contribution < 1.29 is 23.1 Å². The summed E-state index contributed by atoms with van der Waals surface area (Å²) in [6.07, 6.45) is 5.15. The van der Waals surface area contributed by atoms with Crippen LogP contribution in [0.25, 0.3) is 0 Å². The molecule has 1 aliphatic rings. The normalized spacial score (nSPS) is 18.9. The Morgan fingerprint density at radius 1 is 1.15 bits per heavy atom. The summed E-state index contributed by atoms with van der Waals surface area (Å²) in [5, 5.41) is 11.5. The smallest absolute Gasteiger partial charge is 0.338 e. The fourth-order valence-corrected chi connectivity index (χ4v) is 6.79. The van der Waals surface area contributed by atoms with Crippen LogP contribution in [0.5, 0.6) is 0 Å². The number of sulfonamides is 1. The number of benzene rings is 2. The highest BCUT2D eigenvalue weighted by atomic mass is 32.2. The third kappa shape index (κ3) is 5.80. The molecule has 2 atom stereocenters. The largest absolute Gasteiger partial charge is 0.512 e. The molecule has 40 heavy (non-hydrogen) atoms. The van der Waals surface area contributed by atoms with Gasteiger partial charge >= 0.3 is 5.97 Å². The Bertz CT molecular complexity index is 1530. The van der Waals surface area contributed by atoms with E-state index in [4.69, 9.17) is 4.74 Å². The van der Waals surface area contributed by atoms with Gasteiger partial charge in [0.2, 0.25) is 0 Å². The van der Waals surface area contributed by atoms with Gasteiger partial charge in [-0.2, -0.15) is 8.42 Å². The third-order valence-electron chi connectivity index (χ3n) is 7.40. The molecule has 0 radical (unpaired) electrons. The summed E-state index contributed by atoms with van der Waals surface area (Å²) >= 11 is 0. The van der Waals surface area contributed by atoms with E-state index in [-0.39, 0.29) is 22.8 Å². The molecule has 0 aliphatic carbocycles. The Hall–Kier alpha value is -3.59. The molecule has 0 saturated carbocycles. The van der Waals surface area contributed by atoms with Gasteiger partial charge in [0.05, 0.1) is 11.9 Å². The number of ether oxygens (including phenoxy) is 1. The molecule has 2 N–H and O–H groups in total. The molecule has 214 valence electrons. The predicted octanol–water partition coefficient (Wildman–Crippen LogP) is 6.37. The summed E-state index contributed by atoms with van der Waals surface area (Å²) in [7, 11) is -2.22. The van der Waals surface area contributed by atoms with E-state index in [0.717, 1.165) is 24.0 Å². The molecule has 0 spiro atoms. The molecule has 0 fully saturated rings. The number of aliphatic hydroxyl groups is 1. The van der Waals surface area contributed by atoms with Crippen molar-refractivity contribution in [2.75, 3.05) is 4.72 Å². The summed E-state index contributed by atoms with van der Waals surface area (Å²) in [6.45, 7) is 10.0. The highest BCUT2D eigenvalue weighted by Gasteiger charge is 2.47. The van der Waals surface area contributed by atoms with Crippen LogP contribution in [-0.4, -0.2) is 29.0 Å². The van der Waals surface area contributed by atoms with Crippen LogP contribution in [-0.2, 0) is 38.6 Å². The SMILES string of the molecule is CCC[C@]1(c2ccccc2CC)CC(O)=C([C@H](c2cccc(NS(=O)(=O)c3cn(C)cn3)c2)C(C)(C)C)C(=O)O1. The van der Waals surface area contributed by atoms with E-state index in [1.54, 1.807) is 29.8 Å². The average molecular weight is 566 g/mol. The summed E-state index contributed by atoms with van der Waals surface area (Å²) < 4.78 is 36.3. The molecule has 8 nitrogen and oxygen atoms in total. The number of nitrogens with one attached hydrogen (secondary N) is 1. The number of cyclic esters (lactones) is 1. The molecule has 3 aromatic rings. The first kappa shape index (κ1) is 29.4. The van der Waals surface area contributed by atoms with E-state index in [2.05, 4.69) is 16.6 Å². The molecular formula is C31H39N3O5S. The van der Waals surface area contributed by atoms with Crippen molar-refractivity contribution in [3.05, 3.63) is 89.1 Å². The summed E-state index contributed by atoms with van der Waals surface area (Å²) in [6, 6.07) is 14.8. The molecule has 9 heteroatoms. The fraction of sp³-hybridized carbons (Fsp3) is 0.419. The van der Waals surface area contributed by atoms with E-state index in [0.29, 0.717) is 17.7 Å². The molecule has 4 rings (SSSR count). The number of aliphatic hydroxyl groups excluding tert-OH is 1. The second-order valence-electron chi connectivity index (χ2n) is 11.6. The fourth-order valence-electron chi connectivity index (χ4n) is 5.75. The number of aryl methyl sites for hydroxylation is 2. The van der Waals surface area contributed by atoms with E-state index in [9.17, 15) is 18.3 Å². The number of aromatic nitrogens is 2. The van der Waals surface area contributed by atoms with Crippen LogP contribution < -0.4 is 4.72 Å². The second kappa shape index (κ2) is 11.1. The van der Waals surface area contributed by atoms with Crippen LogP contribution >= 0.6 is 0 Å². The van der Waals surface area contributed by atoms with Gasteiger partial charge < -0.3 is 14.4 Å². The average Bonchev–Trinajstić information content (AvgIpc) is 3.33. The highest BCUT2D eigenvalue weighted by Crippen LogP contribution is 2.49. The maximum Gasteiger partial charge on any atom is 0.338 e. The minimum absolute atomic E-state index is 0.00926. The third-order valence-corrected chi connectivity index (χ3v) is 8.66. The summed E-state index contributed by atoms with van der Waals surface area (Å²) in [5.41, 5.74) is 1.78. The van der Waals surface area contributed by atoms with Gasteiger partial charge in [-0.05, 0) is 47.1 Å². The number of nitrogens with zero attached hydrogens (tertiary/aromatic N) is 2. The summed E-state index contributed by atoms with van der Waals surface area (Å²) in [4.78, 5) is 17.8. The zero-order valence-corrected chi connectivity index (χ0v) is 24.9. The lowest BCUT2D eigenvalue weighted by atomic mass is 9.69. The molecule has 0 unspecified atom stereocenters. The van der Waals surface area contributed by atoms with Crippen LogP contribution in [0.15, 0.2) is 77.4 Å². The molecular weight excluding hydrogens is 526 g/mol. The minimum Gasteiger partial charge on any atom is -0.512 e. The maximum absolute atomic E-state index is 13.9. The Labute approximate surface area is 237 Å². The van der Waals surface area contributed by atoms with Gasteiger partial charge in [0, 0.05) is 31.3 Å². The van der Waals surface area contributed by atoms with Crippen LogP contribution in [0, 0.1) is 5.41 Å². The van der Waals surface area contributed by atoms with Crippen molar-refractivity contribution in [2.45, 2.75) is 76.8 Å². The van der Waals surface area contributed by atoms with Gasteiger partial charge in [0.25, 0.3) is 10.0 Å². The molecule has 0 amide bonds. The first-order valence-electron chi connectivity index (χ1n) is 13.7. The van der Waals surface area contributed by atoms with Crippen molar-refractivity contribution >= 4 is 21.7 Å². The minimum atomic E-state index is -3.91. The molecule has 1 aliphatic heterocycles. The van der Waals surface area contributed by atoms with Crippen LogP contribution in [0.3, 0.4) is 0 Å². The van der Waals surface area contributed by atoms with Crippen molar-refractivity contribution in [3.63, 3.8) is 0 Å². The van der Waals surface area contributed by atoms with Crippen LogP contribution in [0.1, 0.15) is 76.5 Å². The van der Waals surface area contributed by atoms with Crippen LogP contribution in [0.4, 0.5) is 5.69 Å². The Kier molecular flexibility index (Phi) is 8.17. The van der Waals surface area contributed by atoms with Crippen molar-refractivity contribution in [1.29, 1.82) is 0 Å². The standard InChI is InChI=1S/C31H39N3O5S/c1-7-16-31(24-15-10-9-12-21(24)8-2)18-25(35)27(29(36)39-31)28(30(3,4)5)22-13-11-14-23(17-22)33-40(37,38)26-19-34(6)20-32-26/h9-15,17,19-20,28,33,35H,7-8,16,18H2,1-6H3/t28-,31+/m0/s1. The lowest BCUT2D eigenvalue weighted by molar-refractivity contribution is -0.162. The molecule has 2 heterocycles. The number of hydrogen-bond donors (Lipinski definition) is 2. The van der Waals surface area contributed by atoms with E-state index >= 15 is 0 Å². The summed E-state index contributed by atoms with van der Waals surface area (Å²) in [5.74, 6) is -1.10. The number of carbonyl (C=O) groups excluding carboxylic acids is 1. The van der Waals surface area contributed by atoms with Gasteiger partial charge in [0.15, 0.2) is 5.03 Å². The Morgan fingerprint density at radius 3 is 2.48 bits per heavy atom. The predicted molar refractivity (Wildman–Crippen MR) is 155 cm³/mol. The number of hydrogen-bond acceptors (Lipinski definition) is 6. The van der Waals surface area contributed by atoms with Crippen LogP contribution in [0.2, 0.25) is 0 Å². The lowest BCUT2D eigenvalue weighted by Crippen LogP contribution is -2.41. The van der Waals surface area contributed by atoms with Crippen molar-refractivity contribution in [3.8, 4) is 0 Å². The lowest BCUT2D eigenvalue weighted by Gasteiger charge is -2.42. The van der Waals surface area contributed by atoms with Crippen molar-refractivity contribution in [1.82, 2.24) is 9.55 Å². The second-order valence-corrected chi connectivity index (χ2v) is 13.2. The zero-order chi connectivity index (χ0) is 29.3. The number of esters is 1. The van der Waals surface area contributed by atoms with Gasteiger partial charge in [-0.1, -0.05) is 77.4 Å². The number of carbonyl (C=O) groups is 1. The molecule has 0 bridgehead atoms. The topological polar surface area (TPSA) is 111 Å². The van der Waals surface area contributed by atoms with Gasteiger partial charge in [0.1, 0.15) is 11.4 Å². The molecule has 0 saturated heterocycles.